The van der Waals surface area contributed by atoms with E-state index in [1.165, 1.54) is 60.5 Å². The quantitative estimate of drug-likeness (QED) is 0.340. The molecule has 0 unspecified atom stereocenters. The van der Waals surface area contributed by atoms with Gasteiger partial charge in [0.05, 0.1) is 17.2 Å². The largest absolute Gasteiger partial charge is 0.494 e. The highest BCUT2D eigenvalue weighted by atomic mass is 35.5. The standard InChI is InChI=1S/C28H31ClFN3O5S/c1-4-26(28(35)31-3)32(18-20-6-10-22(30)11-7-20)27(34)19-33(23-12-14-24(15-13-23)38-5-2)39(36,37)25-16-8-21(29)9-17-25/h6-17,26H,4-5,18-19H2,1-3H3,(H,31,35)/t26-/m0/s1. The fourth-order valence-electron chi connectivity index (χ4n) is 4.01. The van der Waals surface area contributed by atoms with Crippen molar-refractivity contribution in [1.82, 2.24) is 10.2 Å². The van der Waals surface area contributed by atoms with Crippen LogP contribution >= 0.6 is 11.6 Å². The van der Waals surface area contributed by atoms with Gasteiger partial charge in [0.2, 0.25) is 11.8 Å². The lowest BCUT2D eigenvalue weighted by molar-refractivity contribution is -0.140. The Morgan fingerprint density at radius 2 is 1.59 bits per heavy atom. The lowest BCUT2D eigenvalue weighted by Crippen LogP contribution is -2.51. The molecule has 0 bridgehead atoms. The van der Waals surface area contributed by atoms with Crippen molar-refractivity contribution in [2.24, 2.45) is 0 Å². The van der Waals surface area contributed by atoms with Crippen molar-refractivity contribution >= 4 is 39.1 Å². The Kier molecular flexibility index (Phi) is 10.3. The van der Waals surface area contributed by atoms with E-state index in [4.69, 9.17) is 16.3 Å². The summed E-state index contributed by atoms with van der Waals surface area (Å²) in [7, 11) is -2.76. The molecule has 3 aromatic carbocycles. The van der Waals surface area contributed by atoms with Crippen LogP contribution in [0.2, 0.25) is 5.02 Å². The van der Waals surface area contributed by atoms with E-state index in [0.717, 1.165) is 4.31 Å². The molecule has 0 fully saturated rings. The van der Waals surface area contributed by atoms with Gasteiger partial charge in [0.15, 0.2) is 0 Å². The van der Waals surface area contributed by atoms with Crippen LogP contribution in [-0.2, 0) is 26.2 Å². The second-order valence-corrected chi connectivity index (χ2v) is 10.9. The zero-order valence-corrected chi connectivity index (χ0v) is 23.5. The highest BCUT2D eigenvalue weighted by Crippen LogP contribution is 2.27. The highest BCUT2D eigenvalue weighted by Gasteiger charge is 2.33. The Hall–Kier alpha value is -3.63. The zero-order valence-electron chi connectivity index (χ0n) is 21.9. The summed E-state index contributed by atoms with van der Waals surface area (Å²) in [4.78, 5) is 27.8. The minimum atomic E-state index is -4.23. The maximum atomic E-state index is 13.8. The molecule has 0 aliphatic carbocycles. The number of ether oxygens (including phenoxy) is 1. The number of nitrogens with one attached hydrogen (secondary N) is 1. The van der Waals surface area contributed by atoms with E-state index in [0.29, 0.717) is 22.9 Å². The number of carbonyl (C=O) groups is 2. The van der Waals surface area contributed by atoms with E-state index in [2.05, 4.69) is 5.32 Å². The van der Waals surface area contributed by atoms with E-state index in [-0.39, 0.29) is 23.5 Å². The Balaban J connectivity index is 2.05. The molecule has 208 valence electrons. The van der Waals surface area contributed by atoms with Crippen molar-refractivity contribution in [2.45, 2.75) is 37.8 Å². The zero-order chi connectivity index (χ0) is 28.6. The summed E-state index contributed by atoms with van der Waals surface area (Å²) in [6.45, 7) is 3.40. The van der Waals surface area contributed by atoms with E-state index in [1.54, 1.807) is 31.2 Å². The average Bonchev–Trinajstić information content (AvgIpc) is 2.93. The Morgan fingerprint density at radius 1 is 0.974 bits per heavy atom. The van der Waals surface area contributed by atoms with Crippen LogP contribution < -0.4 is 14.4 Å². The summed E-state index contributed by atoms with van der Waals surface area (Å²) < 4.78 is 47.6. The molecule has 11 heteroatoms. The van der Waals surface area contributed by atoms with Gasteiger partial charge in [-0.3, -0.25) is 13.9 Å². The van der Waals surface area contributed by atoms with Crippen molar-refractivity contribution in [3.8, 4) is 5.75 Å². The van der Waals surface area contributed by atoms with Gasteiger partial charge in [-0.05, 0) is 79.6 Å². The van der Waals surface area contributed by atoms with Gasteiger partial charge in [0.25, 0.3) is 10.0 Å². The van der Waals surface area contributed by atoms with Crippen LogP contribution in [0.4, 0.5) is 10.1 Å². The second kappa shape index (κ2) is 13.4. The number of amides is 2. The molecule has 39 heavy (non-hydrogen) atoms. The van der Waals surface area contributed by atoms with Gasteiger partial charge in [-0.2, -0.15) is 0 Å². The Labute approximate surface area is 233 Å². The number of hydrogen-bond acceptors (Lipinski definition) is 5. The van der Waals surface area contributed by atoms with Crippen LogP contribution in [0.3, 0.4) is 0 Å². The van der Waals surface area contributed by atoms with Crippen molar-refractivity contribution in [2.75, 3.05) is 24.5 Å². The minimum absolute atomic E-state index is 0.0247. The van der Waals surface area contributed by atoms with Gasteiger partial charge in [-0.15, -0.1) is 0 Å². The summed E-state index contributed by atoms with van der Waals surface area (Å²) in [5.41, 5.74) is 0.816. The molecule has 0 radical (unpaired) electrons. The van der Waals surface area contributed by atoms with Gasteiger partial charge < -0.3 is 15.0 Å². The van der Waals surface area contributed by atoms with Crippen LogP contribution in [0.1, 0.15) is 25.8 Å². The van der Waals surface area contributed by atoms with Gasteiger partial charge in [-0.25, -0.2) is 12.8 Å². The molecule has 0 aromatic heterocycles. The maximum absolute atomic E-state index is 13.8. The normalized spacial score (nSPS) is 11.9. The summed E-state index contributed by atoms with van der Waals surface area (Å²) in [6.07, 6.45) is 0.277. The first-order valence-corrected chi connectivity index (χ1v) is 14.2. The number of benzene rings is 3. The van der Waals surface area contributed by atoms with Crippen LogP contribution in [0.25, 0.3) is 0 Å². The predicted molar refractivity (Wildman–Crippen MR) is 149 cm³/mol. The van der Waals surface area contributed by atoms with Crippen molar-refractivity contribution in [1.29, 1.82) is 0 Å². The fourth-order valence-corrected chi connectivity index (χ4v) is 5.55. The lowest BCUT2D eigenvalue weighted by Gasteiger charge is -2.33. The van der Waals surface area contributed by atoms with Crippen molar-refractivity contribution in [3.63, 3.8) is 0 Å². The molecule has 0 spiro atoms. The van der Waals surface area contributed by atoms with E-state index in [1.807, 2.05) is 6.92 Å². The first-order valence-electron chi connectivity index (χ1n) is 12.4. The molecule has 3 rings (SSSR count). The van der Waals surface area contributed by atoms with Gasteiger partial charge in [0.1, 0.15) is 24.2 Å². The molecule has 2 amide bonds. The molecule has 0 saturated heterocycles. The number of likely N-dealkylation sites (N-methyl/N-ethyl adjacent to an activating group) is 1. The number of carbonyl (C=O) groups excluding carboxylic acids is 2. The fraction of sp³-hybridized carbons (Fsp3) is 0.286. The van der Waals surface area contributed by atoms with Crippen molar-refractivity contribution in [3.05, 3.63) is 89.2 Å². The van der Waals surface area contributed by atoms with Crippen LogP contribution in [0.15, 0.2) is 77.7 Å². The molecule has 8 nitrogen and oxygen atoms in total. The monoisotopic (exact) mass is 575 g/mol. The van der Waals surface area contributed by atoms with Crippen LogP contribution in [0, 0.1) is 5.82 Å². The Morgan fingerprint density at radius 3 is 2.13 bits per heavy atom. The molecule has 1 N–H and O–H groups in total. The number of hydrogen-bond donors (Lipinski definition) is 1. The smallest absolute Gasteiger partial charge is 0.264 e. The topological polar surface area (TPSA) is 96.0 Å². The van der Waals surface area contributed by atoms with Gasteiger partial charge >= 0.3 is 0 Å². The first-order chi connectivity index (χ1) is 18.6. The Bertz CT molecular complexity index is 1370. The summed E-state index contributed by atoms with van der Waals surface area (Å²) in [5.74, 6) is -0.909. The number of rotatable bonds is 12. The third-order valence-electron chi connectivity index (χ3n) is 6.01. The van der Waals surface area contributed by atoms with Crippen molar-refractivity contribution < 1.29 is 27.1 Å². The van der Waals surface area contributed by atoms with Crippen LogP contribution in [0.5, 0.6) is 5.75 Å². The first kappa shape index (κ1) is 29.9. The molecule has 0 aliphatic heterocycles. The third-order valence-corrected chi connectivity index (χ3v) is 8.05. The molecule has 0 saturated carbocycles. The lowest BCUT2D eigenvalue weighted by atomic mass is 10.1. The van der Waals surface area contributed by atoms with Crippen LogP contribution in [-0.4, -0.2) is 51.4 Å². The third kappa shape index (κ3) is 7.48. The highest BCUT2D eigenvalue weighted by molar-refractivity contribution is 7.92. The molecule has 0 heterocycles. The number of anilines is 1. The minimum Gasteiger partial charge on any atom is -0.494 e. The summed E-state index contributed by atoms with van der Waals surface area (Å²) in [5, 5.41) is 2.92. The molecule has 0 aliphatic rings. The molecular formula is C28H31ClFN3O5S. The number of halogens is 2. The molecular weight excluding hydrogens is 545 g/mol. The maximum Gasteiger partial charge on any atom is 0.264 e. The SMILES string of the molecule is CCOc1ccc(N(CC(=O)N(Cc2ccc(F)cc2)[C@@H](CC)C(=O)NC)S(=O)(=O)c2ccc(Cl)cc2)cc1. The van der Waals surface area contributed by atoms with E-state index >= 15 is 0 Å². The van der Waals surface area contributed by atoms with Gasteiger partial charge in [-0.1, -0.05) is 30.7 Å². The average molecular weight is 576 g/mol. The summed E-state index contributed by atoms with van der Waals surface area (Å²) in [6, 6.07) is 16.6. The molecule has 1 atom stereocenters. The summed E-state index contributed by atoms with van der Waals surface area (Å²) >= 11 is 5.97. The van der Waals surface area contributed by atoms with E-state index < -0.39 is 40.2 Å². The van der Waals surface area contributed by atoms with E-state index in [9.17, 15) is 22.4 Å². The molecule has 3 aromatic rings. The number of nitrogens with zero attached hydrogens (tertiary/aromatic N) is 2. The number of sulfonamides is 1. The second-order valence-electron chi connectivity index (χ2n) is 8.58. The predicted octanol–water partition coefficient (Wildman–Crippen LogP) is 4.63. The van der Waals surface area contributed by atoms with Gasteiger partial charge in [0, 0.05) is 18.6 Å².